The Hall–Kier alpha value is -0.0900. The maximum absolute atomic E-state index is 12.7. The van der Waals surface area contributed by atoms with Gasteiger partial charge in [-0.15, -0.1) is 0 Å². The Labute approximate surface area is 80.8 Å². The summed E-state index contributed by atoms with van der Waals surface area (Å²) in [5.41, 5.74) is 0. The molecule has 0 aliphatic carbocycles. The number of rotatable bonds is 1. The molecular weight excluding hydrogens is 279 g/mol. The average molecular weight is 283 g/mol. The van der Waals surface area contributed by atoms with E-state index < -0.39 is 5.82 Å². The minimum Gasteiger partial charge on any atom is -0.494 e. The maximum Gasteiger partial charge on any atom is 0.150 e. The fourth-order valence-electron chi connectivity index (χ4n) is 0.647. The second kappa shape index (κ2) is 3.54. The second-order valence-corrected chi connectivity index (χ2v) is 3.45. The molecule has 1 rings (SSSR count). The van der Waals surface area contributed by atoms with Crippen LogP contribution in [0.1, 0.15) is 0 Å². The van der Waals surface area contributed by atoms with Crippen molar-refractivity contribution in [2.75, 3.05) is 7.11 Å². The molecule has 1 aromatic rings. The fraction of sp³-hybridized carbons (Fsp3) is 0.143. The summed E-state index contributed by atoms with van der Waals surface area (Å²) in [5, 5.41) is 0. The molecule has 4 heteroatoms. The zero-order valence-electron chi connectivity index (χ0n) is 5.62. The molecule has 0 spiro atoms. The van der Waals surface area contributed by atoms with Crippen LogP contribution in [0, 0.1) is 11.9 Å². The molecule has 0 N–H and O–H groups in total. The largest absolute Gasteiger partial charge is 0.494 e. The Kier molecular flexibility index (Phi) is 2.90. The molecule has 0 heterocycles. The molecule has 1 nitrogen and oxygen atoms in total. The Balaban J connectivity index is 3.29. The summed E-state index contributed by atoms with van der Waals surface area (Å²) in [6.45, 7) is 0. The van der Waals surface area contributed by atoms with Crippen molar-refractivity contribution in [3.8, 4) is 5.75 Å². The SMILES string of the molecule is COc1c(Br)c[c]c(F)c1Br. The van der Waals surface area contributed by atoms with E-state index >= 15 is 0 Å². The number of hydrogen-bond acceptors (Lipinski definition) is 1. The van der Waals surface area contributed by atoms with E-state index in [0.717, 1.165) is 0 Å². The number of halogens is 3. The second-order valence-electron chi connectivity index (χ2n) is 1.80. The molecule has 0 aliphatic rings. The summed E-state index contributed by atoms with van der Waals surface area (Å²) in [4.78, 5) is 0. The van der Waals surface area contributed by atoms with E-state index in [9.17, 15) is 4.39 Å². The zero-order valence-corrected chi connectivity index (χ0v) is 8.79. The van der Waals surface area contributed by atoms with E-state index in [1.54, 1.807) is 0 Å². The Bertz CT molecular complexity index is 275. The summed E-state index contributed by atoms with van der Waals surface area (Å²) in [7, 11) is 1.48. The topological polar surface area (TPSA) is 9.23 Å². The standard InChI is InChI=1S/C7H4Br2FO/c1-11-7-4(8)2-3-5(10)6(7)9/h2H,1H3. The predicted octanol–water partition coefficient (Wildman–Crippen LogP) is 3.16. The molecule has 1 aromatic carbocycles. The van der Waals surface area contributed by atoms with Crippen LogP contribution in [-0.2, 0) is 0 Å². The summed E-state index contributed by atoms with van der Waals surface area (Å²) in [6.07, 6.45) is 0. The Morgan fingerprint density at radius 3 is 2.64 bits per heavy atom. The minimum absolute atomic E-state index is 0.286. The van der Waals surface area contributed by atoms with Gasteiger partial charge in [0, 0.05) is 6.07 Å². The van der Waals surface area contributed by atoms with Gasteiger partial charge in [-0.05, 0) is 37.9 Å². The van der Waals surface area contributed by atoms with Gasteiger partial charge < -0.3 is 4.74 Å². The molecule has 0 aromatic heterocycles. The van der Waals surface area contributed by atoms with E-state index in [2.05, 4.69) is 37.9 Å². The molecular formula is C7H4Br2FO. The van der Waals surface area contributed by atoms with E-state index in [4.69, 9.17) is 4.74 Å². The molecule has 0 atom stereocenters. The lowest BCUT2D eigenvalue weighted by Crippen LogP contribution is -1.88. The van der Waals surface area contributed by atoms with Gasteiger partial charge in [-0.1, -0.05) is 0 Å². The quantitative estimate of drug-likeness (QED) is 0.719. The number of hydrogen-bond donors (Lipinski definition) is 0. The lowest BCUT2D eigenvalue weighted by atomic mass is 10.3. The summed E-state index contributed by atoms with van der Waals surface area (Å²) in [6, 6.07) is 3.87. The number of benzene rings is 1. The van der Waals surface area contributed by atoms with Crippen molar-refractivity contribution in [2.24, 2.45) is 0 Å². The van der Waals surface area contributed by atoms with Crippen molar-refractivity contribution >= 4 is 31.9 Å². The number of methoxy groups -OCH3 is 1. The first-order valence-electron chi connectivity index (χ1n) is 2.76. The van der Waals surface area contributed by atoms with Crippen molar-refractivity contribution in [1.29, 1.82) is 0 Å². The maximum atomic E-state index is 12.7. The first-order valence-corrected chi connectivity index (χ1v) is 4.34. The van der Waals surface area contributed by atoms with Gasteiger partial charge in [-0.3, -0.25) is 0 Å². The van der Waals surface area contributed by atoms with Gasteiger partial charge in [0.15, 0.2) is 0 Å². The van der Waals surface area contributed by atoms with Crippen molar-refractivity contribution in [3.63, 3.8) is 0 Å². The smallest absolute Gasteiger partial charge is 0.150 e. The van der Waals surface area contributed by atoms with Gasteiger partial charge in [-0.25, -0.2) is 4.39 Å². The van der Waals surface area contributed by atoms with Crippen LogP contribution in [0.3, 0.4) is 0 Å². The van der Waals surface area contributed by atoms with Crippen LogP contribution in [0.15, 0.2) is 15.0 Å². The average Bonchev–Trinajstić information content (AvgIpc) is 1.99. The summed E-state index contributed by atoms with van der Waals surface area (Å²) < 4.78 is 18.6. The number of ether oxygens (including phenoxy) is 1. The summed E-state index contributed by atoms with van der Waals surface area (Å²) >= 11 is 6.22. The van der Waals surface area contributed by atoms with Gasteiger partial charge in [0.2, 0.25) is 0 Å². The molecule has 1 radical (unpaired) electrons. The molecule has 0 bridgehead atoms. The van der Waals surface area contributed by atoms with E-state index in [1.807, 2.05) is 0 Å². The lowest BCUT2D eigenvalue weighted by molar-refractivity contribution is 0.405. The normalized spacial score (nSPS) is 9.82. The van der Waals surface area contributed by atoms with E-state index in [1.165, 1.54) is 13.2 Å². The van der Waals surface area contributed by atoms with Gasteiger partial charge >= 0.3 is 0 Å². The highest BCUT2D eigenvalue weighted by Crippen LogP contribution is 2.34. The van der Waals surface area contributed by atoms with Crippen LogP contribution in [0.4, 0.5) is 4.39 Å². The predicted molar refractivity (Wildman–Crippen MR) is 47.2 cm³/mol. The third-order valence-corrected chi connectivity index (χ3v) is 2.44. The van der Waals surface area contributed by atoms with Crippen molar-refractivity contribution in [2.45, 2.75) is 0 Å². The van der Waals surface area contributed by atoms with E-state index in [0.29, 0.717) is 10.2 Å². The fourth-order valence-corrected chi connectivity index (χ4v) is 1.88. The van der Waals surface area contributed by atoms with Gasteiger partial charge in [0.1, 0.15) is 11.6 Å². The van der Waals surface area contributed by atoms with Crippen molar-refractivity contribution < 1.29 is 9.13 Å². The van der Waals surface area contributed by atoms with Crippen LogP contribution in [0.25, 0.3) is 0 Å². The molecule has 11 heavy (non-hydrogen) atoms. The van der Waals surface area contributed by atoms with Crippen LogP contribution < -0.4 is 4.74 Å². The molecule has 0 amide bonds. The highest BCUT2D eigenvalue weighted by atomic mass is 79.9. The first-order chi connectivity index (χ1) is 5.16. The van der Waals surface area contributed by atoms with Gasteiger partial charge in [0.25, 0.3) is 0 Å². The van der Waals surface area contributed by atoms with Crippen LogP contribution in [0.5, 0.6) is 5.75 Å². The van der Waals surface area contributed by atoms with Crippen LogP contribution in [0.2, 0.25) is 0 Å². The Morgan fingerprint density at radius 2 is 2.18 bits per heavy atom. The zero-order chi connectivity index (χ0) is 8.43. The van der Waals surface area contributed by atoms with Gasteiger partial charge in [0.05, 0.1) is 16.1 Å². The lowest BCUT2D eigenvalue weighted by Gasteiger charge is -2.04. The minimum atomic E-state index is -0.454. The van der Waals surface area contributed by atoms with Crippen LogP contribution >= 0.6 is 31.9 Å². The van der Waals surface area contributed by atoms with E-state index in [-0.39, 0.29) is 4.47 Å². The molecule has 0 unspecified atom stereocenters. The highest BCUT2D eigenvalue weighted by molar-refractivity contribution is 9.11. The monoisotopic (exact) mass is 281 g/mol. The molecule has 0 aliphatic heterocycles. The molecule has 0 saturated heterocycles. The first kappa shape index (κ1) is 9.00. The van der Waals surface area contributed by atoms with Crippen LogP contribution in [-0.4, -0.2) is 7.11 Å². The molecule has 0 saturated carbocycles. The highest BCUT2D eigenvalue weighted by Gasteiger charge is 2.09. The summed E-state index contributed by atoms with van der Waals surface area (Å²) in [5.74, 6) is -0.00806. The van der Waals surface area contributed by atoms with Gasteiger partial charge in [-0.2, -0.15) is 0 Å². The van der Waals surface area contributed by atoms with Crippen molar-refractivity contribution in [1.82, 2.24) is 0 Å². The third kappa shape index (κ3) is 1.73. The van der Waals surface area contributed by atoms with Crippen molar-refractivity contribution in [3.05, 3.63) is 26.9 Å². The molecule has 59 valence electrons. The third-order valence-electron chi connectivity index (χ3n) is 1.14. The molecule has 0 fully saturated rings. The Morgan fingerprint density at radius 1 is 1.55 bits per heavy atom.